The Bertz CT molecular complexity index is 543. The molecule has 0 radical (unpaired) electrons. The van der Waals surface area contributed by atoms with Gasteiger partial charge in [0, 0.05) is 6.42 Å². The normalized spacial score (nSPS) is 13.3. The van der Waals surface area contributed by atoms with E-state index in [-0.39, 0.29) is 5.89 Å². The van der Waals surface area contributed by atoms with Crippen LogP contribution in [0.1, 0.15) is 32.1 Å². The van der Waals surface area contributed by atoms with Gasteiger partial charge in [-0.1, -0.05) is 32.6 Å². The number of carbonyl (C=O) groups is 1. The Balaban J connectivity index is 3.31. The summed E-state index contributed by atoms with van der Waals surface area (Å²) in [6.45, 7) is 9.32. The zero-order chi connectivity index (χ0) is 15.2. The Kier molecular flexibility index (Phi) is 5.31. The molecule has 0 aliphatic rings. The zero-order valence-electron chi connectivity index (χ0n) is 11.5. The van der Waals surface area contributed by atoms with Crippen molar-refractivity contribution in [2.24, 2.45) is 0 Å². The van der Waals surface area contributed by atoms with Gasteiger partial charge in [-0.2, -0.15) is 0 Å². The Labute approximate surface area is 115 Å². The monoisotopic (exact) mass is 283 g/mol. The second-order valence-electron chi connectivity index (χ2n) is 4.06. The van der Waals surface area contributed by atoms with Crippen molar-refractivity contribution in [1.29, 1.82) is 0 Å². The van der Waals surface area contributed by atoms with Gasteiger partial charge in [0.1, 0.15) is 0 Å². The first-order valence-electron chi connectivity index (χ1n) is 6.06. The highest BCUT2D eigenvalue weighted by Crippen LogP contribution is 2.37. The highest BCUT2D eigenvalue weighted by atomic mass is 16.7. The highest BCUT2D eigenvalue weighted by molar-refractivity contribution is 5.61. The fraction of sp³-hybridized carbons (Fsp3) is 0.462. The first-order chi connectivity index (χ1) is 9.50. The molecule has 0 fully saturated rings. The molecule has 0 amide bonds. The van der Waals surface area contributed by atoms with E-state index in [4.69, 9.17) is 9.15 Å². The van der Waals surface area contributed by atoms with Gasteiger partial charge >= 0.3 is 12.0 Å². The first-order valence-corrected chi connectivity index (χ1v) is 6.06. The summed E-state index contributed by atoms with van der Waals surface area (Å²) in [4.78, 5) is 22.5. The minimum absolute atomic E-state index is 0.189. The van der Waals surface area contributed by atoms with Crippen LogP contribution in [0.5, 0.6) is 0 Å². The fourth-order valence-corrected chi connectivity index (χ4v) is 1.69. The van der Waals surface area contributed by atoms with Crippen molar-refractivity contribution >= 4 is 6.16 Å². The minimum atomic E-state index is -1.46. The molecule has 7 heteroatoms. The lowest BCUT2D eigenvalue weighted by Gasteiger charge is -2.29. The van der Waals surface area contributed by atoms with Crippen LogP contribution in [-0.2, 0) is 15.1 Å². The third-order valence-electron chi connectivity index (χ3n) is 2.80. The van der Waals surface area contributed by atoms with Gasteiger partial charge in [-0.3, -0.25) is 4.52 Å². The maximum Gasteiger partial charge on any atom is 0.542 e. The summed E-state index contributed by atoms with van der Waals surface area (Å²) in [6, 6.07) is 0. The maximum atomic E-state index is 11.5. The zero-order valence-corrected chi connectivity index (χ0v) is 11.5. The van der Waals surface area contributed by atoms with Crippen molar-refractivity contribution in [3.8, 4) is 0 Å². The molecular weight excluding hydrogens is 266 g/mol. The Hall–Kier alpha value is -2.31. The van der Waals surface area contributed by atoms with Crippen LogP contribution in [0.3, 0.4) is 0 Å². The number of methoxy groups -OCH3 is 1. The molecule has 7 nitrogen and oxygen atoms in total. The average Bonchev–Trinajstić information content (AvgIpc) is 2.89. The van der Waals surface area contributed by atoms with Crippen LogP contribution in [-0.4, -0.2) is 18.4 Å². The first kappa shape index (κ1) is 15.7. The van der Waals surface area contributed by atoms with Crippen LogP contribution >= 0.6 is 0 Å². The third kappa shape index (κ3) is 3.17. The predicted molar refractivity (Wildman–Crippen MR) is 69.1 cm³/mol. The van der Waals surface area contributed by atoms with Crippen LogP contribution < -0.4 is 5.82 Å². The van der Waals surface area contributed by atoms with Crippen LogP contribution in [0.15, 0.2) is 38.5 Å². The molecule has 0 saturated heterocycles. The molecule has 0 aromatic carbocycles. The molecule has 1 rings (SSSR count). The smallest absolute Gasteiger partial charge is 0.438 e. The molecule has 0 N–H and O–H groups in total. The lowest BCUT2D eigenvalue weighted by molar-refractivity contribution is -0.0287. The molecule has 1 unspecified atom stereocenters. The van der Waals surface area contributed by atoms with Crippen molar-refractivity contribution in [3.05, 3.63) is 41.3 Å². The molecular formula is C13H17NO6. The van der Waals surface area contributed by atoms with Crippen molar-refractivity contribution < 1.29 is 23.2 Å². The number of ether oxygens (including phenoxy) is 2. The number of hydrogen-bond acceptors (Lipinski definition) is 7. The van der Waals surface area contributed by atoms with Crippen LogP contribution in [0.25, 0.3) is 0 Å². The predicted octanol–water partition coefficient (Wildman–Crippen LogP) is 2.54. The number of aromatic nitrogens is 1. The van der Waals surface area contributed by atoms with Gasteiger partial charge in [0.25, 0.3) is 5.89 Å². The van der Waals surface area contributed by atoms with E-state index in [0.717, 1.165) is 6.42 Å². The van der Waals surface area contributed by atoms with E-state index in [9.17, 15) is 9.59 Å². The SMILES string of the molecule is C=CC(=C)C(CCCC)(OC(=O)OC)c1noc(=O)o1. The summed E-state index contributed by atoms with van der Waals surface area (Å²) in [5.41, 5.74) is -1.15. The van der Waals surface area contributed by atoms with Gasteiger partial charge < -0.3 is 13.9 Å². The molecule has 0 saturated carbocycles. The highest BCUT2D eigenvalue weighted by Gasteiger charge is 2.44. The second kappa shape index (κ2) is 6.74. The summed E-state index contributed by atoms with van der Waals surface area (Å²) < 4.78 is 19.0. The molecule has 1 aromatic heterocycles. The standard InChI is InChI=1S/C13H17NO6/c1-5-7-8-13(9(3)6-2,19-11(15)17-4)10-14-20-12(16)18-10/h6H,2-3,5,7-8H2,1,4H3. The molecule has 0 spiro atoms. The summed E-state index contributed by atoms with van der Waals surface area (Å²) >= 11 is 0. The van der Waals surface area contributed by atoms with Gasteiger partial charge in [-0.25, -0.2) is 9.59 Å². The van der Waals surface area contributed by atoms with E-state index < -0.39 is 17.6 Å². The maximum absolute atomic E-state index is 11.5. The number of nitrogens with zero attached hydrogens (tertiary/aromatic N) is 1. The average molecular weight is 283 g/mol. The van der Waals surface area contributed by atoms with Gasteiger partial charge in [-0.05, 0) is 17.2 Å². The molecule has 1 atom stereocenters. The molecule has 1 heterocycles. The van der Waals surface area contributed by atoms with Crippen molar-refractivity contribution in [3.63, 3.8) is 0 Å². The van der Waals surface area contributed by atoms with E-state index in [1.54, 1.807) is 0 Å². The van der Waals surface area contributed by atoms with Gasteiger partial charge in [-0.15, -0.1) is 0 Å². The van der Waals surface area contributed by atoms with Crippen LogP contribution in [0.4, 0.5) is 4.79 Å². The van der Waals surface area contributed by atoms with E-state index in [1.165, 1.54) is 13.2 Å². The molecule has 0 bridgehead atoms. The Morgan fingerprint density at radius 3 is 2.70 bits per heavy atom. The largest absolute Gasteiger partial charge is 0.542 e. The van der Waals surface area contributed by atoms with Crippen LogP contribution in [0, 0.1) is 0 Å². The summed E-state index contributed by atoms with van der Waals surface area (Å²) in [7, 11) is 1.17. The number of rotatable bonds is 7. The lowest BCUT2D eigenvalue weighted by Crippen LogP contribution is -2.34. The number of carbonyl (C=O) groups excluding carboxylic acids is 1. The Morgan fingerprint density at radius 2 is 2.25 bits per heavy atom. The van der Waals surface area contributed by atoms with Gasteiger partial charge in [0.2, 0.25) is 5.60 Å². The van der Waals surface area contributed by atoms with Gasteiger partial charge in [0.15, 0.2) is 0 Å². The van der Waals surface area contributed by atoms with E-state index in [0.29, 0.717) is 18.4 Å². The summed E-state index contributed by atoms with van der Waals surface area (Å²) in [6.07, 6.45) is 2.24. The van der Waals surface area contributed by atoms with Crippen LogP contribution in [0.2, 0.25) is 0 Å². The quantitative estimate of drug-likeness (QED) is 0.560. The van der Waals surface area contributed by atoms with E-state index in [2.05, 4.69) is 27.6 Å². The Morgan fingerprint density at radius 1 is 1.55 bits per heavy atom. The third-order valence-corrected chi connectivity index (χ3v) is 2.80. The van der Waals surface area contributed by atoms with Crippen molar-refractivity contribution in [2.75, 3.05) is 7.11 Å². The van der Waals surface area contributed by atoms with Crippen molar-refractivity contribution in [2.45, 2.75) is 31.8 Å². The van der Waals surface area contributed by atoms with E-state index in [1.807, 2.05) is 6.92 Å². The van der Waals surface area contributed by atoms with E-state index >= 15 is 0 Å². The topological polar surface area (TPSA) is 91.8 Å². The second-order valence-corrected chi connectivity index (χ2v) is 4.06. The molecule has 0 aliphatic carbocycles. The lowest BCUT2D eigenvalue weighted by atomic mass is 9.88. The number of hydrogen-bond donors (Lipinski definition) is 0. The summed E-state index contributed by atoms with van der Waals surface area (Å²) in [5, 5.41) is 3.50. The minimum Gasteiger partial charge on any atom is -0.438 e. The molecule has 20 heavy (non-hydrogen) atoms. The fourth-order valence-electron chi connectivity index (χ4n) is 1.69. The summed E-state index contributed by atoms with van der Waals surface area (Å²) in [5.74, 6) is -1.18. The molecule has 0 aliphatic heterocycles. The van der Waals surface area contributed by atoms with Gasteiger partial charge in [0.05, 0.1) is 7.11 Å². The molecule has 1 aromatic rings. The molecule has 110 valence electrons. The van der Waals surface area contributed by atoms with Crippen molar-refractivity contribution in [1.82, 2.24) is 5.16 Å². The number of unbranched alkanes of at least 4 members (excludes halogenated alkanes) is 1.